The zero-order valence-corrected chi connectivity index (χ0v) is 16.3. The molecule has 0 aliphatic heterocycles. The van der Waals surface area contributed by atoms with Gasteiger partial charge in [0.1, 0.15) is 11.8 Å². The number of carboxylic acid groups (broad SMARTS) is 1. The van der Waals surface area contributed by atoms with Crippen LogP contribution in [0.4, 0.5) is 0 Å². The Bertz CT molecular complexity index is 793. The van der Waals surface area contributed by atoms with Gasteiger partial charge in [0, 0.05) is 0 Å². The number of carbonyl (C=O) groups is 2. The number of rotatable bonds is 4. The van der Waals surface area contributed by atoms with Gasteiger partial charge in [0.2, 0.25) is 0 Å². The molecule has 3 aliphatic rings. The highest BCUT2D eigenvalue weighted by Crippen LogP contribution is 2.60. The van der Waals surface area contributed by atoms with Crippen LogP contribution >= 0.6 is 0 Å². The molecule has 3 aliphatic carbocycles. The number of hydrogen-bond donors (Lipinski definition) is 3. The predicted octanol–water partition coefficient (Wildman–Crippen LogP) is 2.61. The average molecular weight is 387 g/mol. The van der Waals surface area contributed by atoms with E-state index >= 15 is 0 Å². The number of carboxylic acids is 1. The molecule has 2 fully saturated rings. The van der Waals surface area contributed by atoms with Gasteiger partial charge in [0.05, 0.1) is 12.5 Å². The molecular weight excluding hydrogens is 358 g/mol. The van der Waals surface area contributed by atoms with Gasteiger partial charge in [-0.05, 0) is 85.0 Å². The minimum Gasteiger partial charge on any atom is -0.480 e. The molecule has 0 radical (unpaired) electrons. The number of fused-ring (bicyclic) bond motifs is 5. The Morgan fingerprint density at radius 3 is 2.82 bits per heavy atom. The fourth-order valence-electron chi connectivity index (χ4n) is 6.03. The number of benzene rings is 1. The Kier molecular flexibility index (Phi) is 4.96. The first-order valence-electron chi connectivity index (χ1n) is 10.3. The highest BCUT2D eigenvalue weighted by atomic mass is 16.5. The summed E-state index contributed by atoms with van der Waals surface area (Å²) < 4.78 is 5.32. The van der Waals surface area contributed by atoms with E-state index in [0.717, 1.165) is 38.5 Å². The number of aryl methyl sites for hydroxylation is 1. The van der Waals surface area contributed by atoms with E-state index in [1.54, 1.807) is 0 Å². The maximum atomic E-state index is 11.9. The lowest BCUT2D eigenvalue weighted by molar-refractivity contribution is -0.143. The largest absolute Gasteiger partial charge is 0.480 e. The lowest BCUT2D eigenvalue weighted by Crippen LogP contribution is -2.43. The summed E-state index contributed by atoms with van der Waals surface area (Å²) in [5, 5.41) is 19.3. The summed E-state index contributed by atoms with van der Waals surface area (Å²) in [6, 6.07) is 4.56. The molecule has 4 N–H and O–H groups in total. The number of aliphatic hydroxyl groups excluding tert-OH is 1. The Labute approximate surface area is 165 Å². The van der Waals surface area contributed by atoms with E-state index in [-0.39, 0.29) is 17.9 Å². The van der Waals surface area contributed by atoms with Crippen molar-refractivity contribution in [3.63, 3.8) is 0 Å². The first kappa shape index (κ1) is 19.4. The molecule has 0 amide bonds. The van der Waals surface area contributed by atoms with Crippen LogP contribution in [0, 0.1) is 17.3 Å². The van der Waals surface area contributed by atoms with E-state index in [1.165, 1.54) is 11.1 Å². The van der Waals surface area contributed by atoms with Crippen LogP contribution in [0.5, 0.6) is 5.75 Å². The number of carbonyl (C=O) groups excluding carboxylic acids is 1. The highest BCUT2D eigenvalue weighted by molar-refractivity contribution is 5.82. The van der Waals surface area contributed by atoms with Crippen LogP contribution in [0.15, 0.2) is 18.2 Å². The molecule has 152 valence electrons. The first-order valence-corrected chi connectivity index (χ1v) is 10.3. The number of nitrogens with two attached hydrogens (primary N) is 1. The van der Waals surface area contributed by atoms with Crippen molar-refractivity contribution in [1.29, 1.82) is 0 Å². The van der Waals surface area contributed by atoms with E-state index in [2.05, 4.69) is 13.0 Å². The number of aliphatic carboxylic acids is 1. The van der Waals surface area contributed by atoms with Crippen molar-refractivity contribution in [3.8, 4) is 5.75 Å². The molecule has 0 heterocycles. The molecule has 28 heavy (non-hydrogen) atoms. The lowest BCUT2D eigenvalue weighted by atomic mass is 9.55. The van der Waals surface area contributed by atoms with Gasteiger partial charge < -0.3 is 20.7 Å². The Morgan fingerprint density at radius 2 is 2.07 bits per heavy atom. The smallest absolute Gasteiger partial charge is 0.321 e. The second kappa shape index (κ2) is 7.16. The fourth-order valence-corrected chi connectivity index (χ4v) is 6.03. The molecule has 0 bridgehead atoms. The second-order valence-corrected chi connectivity index (χ2v) is 9.04. The maximum absolute atomic E-state index is 11.9. The first-order chi connectivity index (χ1) is 13.3. The Hall–Kier alpha value is -1.92. The number of aliphatic hydroxyl groups is 1. The molecule has 0 aromatic heterocycles. The summed E-state index contributed by atoms with van der Waals surface area (Å²) in [4.78, 5) is 22.7. The topological polar surface area (TPSA) is 110 Å². The van der Waals surface area contributed by atoms with E-state index in [1.807, 2.05) is 12.1 Å². The molecule has 0 saturated heterocycles. The van der Waals surface area contributed by atoms with Gasteiger partial charge in [0.25, 0.3) is 0 Å². The number of hydrogen-bond acceptors (Lipinski definition) is 5. The van der Waals surface area contributed by atoms with Crippen LogP contribution in [-0.2, 0) is 16.0 Å². The normalized spacial score (nSPS) is 34.7. The monoisotopic (exact) mass is 387 g/mol. The van der Waals surface area contributed by atoms with Crippen molar-refractivity contribution >= 4 is 11.9 Å². The summed E-state index contributed by atoms with van der Waals surface area (Å²) >= 11 is 0. The summed E-state index contributed by atoms with van der Waals surface area (Å²) in [5.41, 5.74) is 8.03. The van der Waals surface area contributed by atoms with Crippen LogP contribution in [0.25, 0.3) is 0 Å². The van der Waals surface area contributed by atoms with Gasteiger partial charge in [-0.15, -0.1) is 0 Å². The van der Waals surface area contributed by atoms with Crippen molar-refractivity contribution < 1.29 is 24.5 Å². The van der Waals surface area contributed by atoms with Gasteiger partial charge in [0.15, 0.2) is 0 Å². The summed E-state index contributed by atoms with van der Waals surface area (Å²) in [5.74, 6) is 0.329. The molecule has 3 unspecified atom stereocenters. The van der Waals surface area contributed by atoms with Crippen molar-refractivity contribution in [2.24, 2.45) is 23.0 Å². The highest BCUT2D eigenvalue weighted by Gasteiger charge is 2.54. The van der Waals surface area contributed by atoms with Gasteiger partial charge in [-0.2, -0.15) is 0 Å². The standard InChI is InChI=1S/C22H29NO5/c1-22-9-8-15-14-5-3-13(28-20(25)11-18(23)21(26)27)10-12(14)2-4-16(15)17(22)6-7-19(22)24/h3,5,10,15-19,24H,2,4,6-9,11,23H2,1H3,(H,26,27)/t15?,16?,17?,18-,19-,22-/m0/s1. The molecule has 0 spiro atoms. The van der Waals surface area contributed by atoms with Crippen LogP contribution in [0.1, 0.15) is 62.5 Å². The van der Waals surface area contributed by atoms with Crippen molar-refractivity contribution in [2.45, 2.75) is 69.9 Å². The Morgan fingerprint density at radius 1 is 1.29 bits per heavy atom. The third-order valence-corrected chi connectivity index (χ3v) is 7.58. The van der Waals surface area contributed by atoms with Crippen LogP contribution < -0.4 is 10.5 Å². The van der Waals surface area contributed by atoms with Crippen molar-refractivity contribution in [2.75, 3.05) is 0 Å². The molecular formula is C22H29NO5. The minimum atomic E-state index is -1.25. The van der Waals surface area contributed by atoms with E-state index in [4.69, 9.17) is 15.6 Å². The molecule has 6 nitrogen and oxygen atoms in total. The molecule has 2 saturated carbocycles. The van der Waals surface area contributed by atoms with Crippen molar-refractivity contribution in [1.82, 2.24) is 0 Å². The fraction of sp³-hybridized carbons (Fsp3) is 0.636. The average Bonchev–Trinajstić information content (AvgIpc) is 2.96. The predicted molar refractivity (Wildman–Crippen MR) is 103 cm³/mol. The molecule has 6 atom stereocenters. The Balaban J connectivity index is 1.49. The van der Waals surface area contributed by atoms with Crippen LogP contribution in [-0.4, -0.2) is 34.3 Å². The zero-order chi connectivity index (χ0) is 20.1. The van der Waals surface area contributed by atoms with Gasteiger partial charge >= 0.3 is 11.9 Å². The molecule has 4 rings (SSSR count). The van der Waals surface area contributed by atoms with Crippen LogP contribution in [0.3, 0.4) is 0 Å². The van der Waals surface area contributed by atoms with Crippen molar-refractivity contribution in [3.05, 3.63) is 29.3 Å². The summed E-state index contributed by atoms with van der Waals surface area (Å²) in [6.07, 6.45) is 5.72. The molecule has 1 aromatic carbocycles. The van der Waals surface area contributed by atoms with Gasteiger partial charge in [-0.25, -0.2) is 0 Å². The van der Waals surface area contributed by atoms with Gasteiger partial charge in [-0.3, -0.25) is 9.59 Å². The van der Waals surface area contributed by atoms with E-state index in [0.29, 0.717) is 23.5 Å². The van der Waals surface area contributed by atoms with Gasteiger partial charge in [-0.1, -0.05) is 13.0 Å². The lowest BCUT2D eigenvalue weighted by Gasteiger charge is -2.50. The summed E-state index contributed by atoms with van der Waals surface area (Å²) in [7, 11) is 0. The molecule has 1 aromatic rings. The quantitative estimate of drug-likeness (QED) is 0.541. The third-order valence-electron chi connectivity index (χ3n) is 7.58. The summed E-state index contributed by atoms with van der Waals surface area (Å²) in [6.45, 7) is 2.27. The molecule has 6 heteroatoms. The zero-order valence-electron chi connectivity index (χ0n) is 16.3. The minimum absolute atomic E-state index is 0.0665. The maximum Gasteiger partial charge on any atom is 0.321 e. The second-order valence-electron chi connectivity index (χ2n) is 9.04. The van der Waals surface area contributed by atoms with E-state index in [9.17, 15) is 14.7 Å². The number of esters is 1. The SMILES string of the molecule is C[C@]12CCC3c4ccc(OC(=O)C[C@H](N)C(=O)O)cc4CCC3C1CC[C@@H]2O. The van der Waals surface area contributed by atoms with Crippen LogP contribution in [0.2, 0.25) is 0 Å². The number of ether oxygens (including phenoxy) is 1. The third kappa shape index (κ3) is 3.22. The van der Waals surface area contributed by atoms with E-state index < -0.39 is 18.0 Å².